The van der Waals surface area contributed by atoms with Gasteiger partial charge in [-0.15, -0.1) is 0 Å². The molecule has 1 aliphatic heterocycles. The maximum Gasteiger partial charge on any atom is 0.181 e. The van der Waals surface area contributed by atoms with Gasteiger partial charge in [-0.2, -0.15) is 10.2 Å². The second kappa shape index (κ2) is 6.33. The molecular formula is C18H17N5O. The summed E-state index contributed by atoms with van der Waals surface area (Å²) in [5, 5.41) is 8.52. The van der Waals surface area contributed by atoms with Gasteiger partial charge in [0.05, 0.1) is 17.6 Å². The molecular weight excluding hydrogens is 302 g/mol. The molecule has 2 aromatic heterocycles. The molecule has 0 radical (unpaired) electrons. The Labute approximate surface area is 139 Å². The summed E-state index contributed by atoms with van der Waals surface area (Å²) in [6, 6.07) is 9.83. The summed E-state index contributed by atoms with van der Waals surface area (Å²) in [6.45, 7) is 2.44. The second-order valence-corrected chi connectivity index (χ2v) is 5.93. The fourth-order valence-electron chi connectivity index (χ4n) is 2.83. The minimum absolute atomic E-state index is 0.487. The standard InChI is InChI=1S/C18H17N5O/c1-23-10-14-6-17(20-7-15(14)11-23)8-21-22-16-4-2-13(3-5-16)18-9-19-12-24-18/h2-7,9,12H,8,10-11H2,1H3. The number of fused-ring (bicyclic) bond motifs is 1. The Morgan fingerprint density at radius 2 is 1.96 bits per heavy atom. The van der Waals surface area contributed by atoms with Gasteiger partial charge in [-0.1, -0.05) is 0 Å². The average molecular weight is 319 g/mol. The van der Waals surface area contributed by atoms with Crippen LogP contribution >= 0.6 is 0 Å². The van der Waals surface area contributed by atoms with E-state index in [0.717, 1.165) is 35.8 Å². The summed E-state index contributed by atoms with van der Waals surface area (Å²) in [5.41, 5.74) is 5.37. The zero-order valence-electron chi connectivity index (χ0n) is 13.4. The highest BCUT2D eigenvalue weighted by Gasteiger charge is 2.15. The van der Waals surface area contributed by atoms with Crippen molar-refractivity contribution < 1.29 is 4.42 Å². The lowest BCUT2D eigenvalue weighted by atomic mass is 10.1. The van der Waals surface area contributed by atoms with Crippen LogP contribution in [0.2, 0.25) is 0 Å². The van der Waals surface area contributed by atoms with Crippen molar-refractivity contribution in [1.29, 1.82) is 0 Å². The molecule has 0 saturated carbocycles. The number of hydrogen-bond donors (Lipinski definition) is 0. The van der Waals surface area contributed by atoms with Crippen LogP contribution in [-0.2, 0) is 19.6 Å². The van der Waals surface area contributed by atoms with Crippen molar-refractivity contribution in [3.63, 3.8) is 0 Å². The summed E-state index contributed by atoms with van der Waals surface area (Å²) in [4.78, 5) is 10.7. The van der Waals surface area contributed by atoms with E-state index in [2.05, 4.69) is 38.2 Å². The molecule has 0 spiro atoms. The molecule has 24 heavy (non-hydrogen) atoms. The van der Waals surface area contributed by atoms with Gasteiger partial charge in [0.15, 0.2) is 12.2 Å². The van der Waals surface area contributed by atoms with Crippen molar-refractivity contribution in [1.82, 2.24) is 14.9 Å². The van der Waals surface area contributed by atoms with Gasteiger partial charge in [-0.25, -0.2) is 4.98 Å². The van der Waals surface area contributed by atoms with Crippen LogP contribution in [0.4, 0.5) is 5.69 Å². The average Bonchev–Trinajstić information content (AvgIpc) is 3.24. The molecule has 0 amide bonds. The SMILES string of the molecule is CN1Cc2cnc(CN=Nc3ccc(-c4cnco4)cc3)cc2C1. The summed E-state index contributed by atoms with van der Waals surface area (Å²) in [5.74, 6) is 0.741. The van der Waals surface area contributed by atoms with Gasteiger partial charge >= 0.3 is 0 Å². The monoisotopic (exact) mass is 319 g/mol. The first kappa shape index (κ1) is 14.7. The number of nitrogens with zero attached hydrogens (tertiary/aromatic N) is 5. The number of benzene rings is 1. The summed E-state index contributed by atoms with van der Waals surface area (Å²) < 4.78 is 5.27. The Bertz CT molecular complexity index is 856. The van der Waals surface area contributed by atoms with Crippen LogP contribution in [0.1, 0.15) is 16.8 Å². The van der Waals surface area contributed by atoms with Gasteiger partial charge in [0.2, 0.25) is 0 Å². The Morgan fingerprint density at radius 1 is 1.12 bits per heavy atom. The van der Waals surface area contributed by atoms with Crippen molar-refractivity contribution in [3.05, 3.63) is 65.9 Å². The fourth-order valence-corrected chi connectivity index (χ4v) is 2.83. The van der Waals surface area contributed by atoms with E-state index in [1.807, 2.05) is 30.5 Å². The predicted molar refractivity (Wildman–Crippen MR) is 89.6 cm³/mol. The van der Waals surface area contributed by atoms with E-state index in [4.69, 9.17) is 4.42 Å². The van der Waals surface area contributed by atoms with Gasteiger partial charge in [-0.3, -0.25) is 9.88 Å². The van der Waals surface area contributed by atoms with E-state index in [-0.39, 0.29) is 0 Å². The lowest BCUT2D eigenvalue weighted by Gasteiger charge is -2.02. The molecule has 1 aromatic carbocycles. The number of aromatic nitrogens is 2. The molecule has 3 heterocycles. The van der Waals surface area contributed by atoms with Gasteiger partial charge in [0.25, 0.3) is 0 Å². The smallest absolute Gasteiger partial charge is 0.181 e. The molecule has 0 aliphatic carbocycles. The zero-order chi connectivity index (χ0) is 16.4. The van der Waals surface area contributed by atoms with Crippen molar-refractivity contribution >= 4 is 5.69 Å². The molecule has 0 N–H and O–H groups in total. The van der Waals surface area contributed by atoms with Crippen LogP contribution < -0.4 is 0 Å². The topological polar surface area (TPSA) is 66.9 Å². The minimum atomic E-state index is 0.487. The van der Waals surface area contributed by atoms with Crippen LogP contribution in [0, 0.1) is 0 Å². The molecule has 0 atom stereocenters. The number of hydrogen-bond acceptors (Lipinski definition) is 6. The Balaban J connectivity index is 1.42. The minimum Gasteiger partial charge on any atom is -0.444 e. The first-order chi connectivity index (χ1) is 11.8. The maximum atomic E-state index is 5.27. The highest BCUT2D eigenvalue weighted by atomic mass is 16.3. The van der Waals surface area contributed by atoms with E-state index in [1.54, 1.807) is 6.20 Å². The highest BCUT2D eigenvalue weighted by Crippen LogP contribution is 2.23. The zero-order valence-corrected chi connectivity index (χ0v) is 13.4. The Kier molecular flexibility index (Phi) is 3.88. The number of oxazole rings is 1. The number of pyridine rings is 1. The fraction of sp³-hybridized carbons (Fsp3) is 0.222. The molecule has 0 fully saturated rings. The van der Waals surface area contributed by atoms with Crippen molar-refractivity contribution in [2.45, 2.75) is 19.6 Å². The van der Waals surface area contributed by atoms with Gasteiger partial charge in [0, 0.05) is 24.8 Å². The quantitative estimate of drug-likeness (QED) is 0.683. The van der Waals surface area contributed by atoms with Crippen LogP contribution in [0.25, 0.3) is 11.3 Å². The molecule has 120 valence electrons. The largest absolute Gasteiger partial charge is 0.444 e. The van der Waals surface area contributed by atoms with Crippen LogP contribution in [0.3, 0.4) is 0 Å². The van der Waals surface area contributed by atoms with Crippen LogP contribution in [0.5, 0.6) is 0 Å². The molecule has 0 bridgehead atoms. The predicted octanol–water partition coefficient (Wildman–Crippen LogP) is 3.97. The first-order valence-corrected chi connectivity index (χ1v) is 7.79. The van der Waals surface area contributed by atoms with Gasteiger partial charge < -0.3 is 4.42 Å². The van der Waals surface area contributed by atoms with E-state index < -0.39 is 0 Å². The van der Waals surface area contributed by atoms with E-state index in [9.17, 15) is 0 Å². The van der Waals surface area contributed by atoms with Crippen molar-refractivity contribution in [2.75, 3.05) is 7.05 Å². The van der Waals surface area contributed by atoms with Crippen molar-refractivity contribution in [3.8, 4) is 11.3 Å². The third-order valence-electron chi connectivity index (χ3n) is 4.02. The Morgan fingerprint density at radius 3 is 2.75 bits per heavy atom. The molecule has 3 aromatic rings. The van der Waals surface area contributed by atoms with Crippen LogP contribution in [0.15, 0.2) is 63.8 Å². The van der Waals surface area contributed by atoms with E-state index in [1.165, 1.54) is 17.5 Å². The normalized spacial score (nSPS) is 14.4. The Hall–Kier alpha value is -2.86. The van der Waals surface area contributed by atoms with Gasteiger partial charge in [0.1, 0.15) is 6.54 Å². The third-order valence-corrected chi connectivity index (χ3v) is 4.02. The summed E-state index contributed by atoms with van der Waals surface area (Å²) in [6.07, 6.45) is 5.06. The summed E-state index contributed by atoms with van der Waals surface area (Å²) >= 11 is 0. The molecule has 6 heteroatoms. The summed E-state index contributed by atoms with van der Waals surface area (Å²) in [7, 11) is 2.11. The molecule has 6 nitrogen and oxygen atoms in total. The van der Waals surface area contributed by atoms with Gasteiger partial charge in [-0.05, 0) is 48.5 Å². The van der Waals surface area contributed by atoms with E-state index in [0.29, 0.717) is 6.54 Å². The molecule has 1 aliphatic rings. The molecule has 0 unspecified atom stereocenters. The lowest BCUT2D eigenvalue weighted by molar-refractivity contribution is 0.353. The highest BCUT2D eigenvalue weighted by molar-refractivity contribution is 5.59. The molecule has 0 saturated heterocycles. The second-order valence-electron chi connectivity index (χ2n) is 5.93. The molecule has 4 rings (SSSR count). The lowest BCUT2D eigenvalue weighted by Crippen LogP contribution is -2.07. The third kappa shape index (κ3) is 3.09. The maximum absolute atomic E-state index is 5.27. The number of azo groups is 1. The van der Waals surface area contributed by atoms with E-state index >= 15 is 0 Å². The van der Waals surface area contributed by atoms with Crippen molar-refractivity contribution in [2.24, 2.45) is 10.2 Å². The van der Waals surface area contributed by atoms with Crippen LogP contribution in [-0.4, -0.2) is 21.9 Å². The first-order valence-electron chi connectivity index (χ1n) is 7.79. The number of rotatable bonds is 4.